The molecule has 2 N–H and O–H groups in total. The fourth-order valence-electron chi connectivity index (χ4n) is 2.76. The van der Waals surface area contributed by atoms with Crippen molar-refractivity contribution in [3.8, 4) is 17.1 Å². The fraction of sp³-hybridized carbons (Fsp3) is 0.200. The molecule has 20 heavy (non-hydrogen) atoms. The summed E-state index contributed by atoms with van der Waals surface area (Å²) in [4.78, 5) is 21.9. The summed E-state index contributed by atoms with van der Waals surface area (Å²) in [6.45, 7) is 0. The van der Waals surface area contributed by atoms with Crippen LogP contribution in [0.5, 0.6) is 5.75 Å². The van der Waals surface area contributed by atoms with Gasteiger partial charge in [-0.25, -0.2) is 4.98 Å². The van der Waals surface area contributed by atoms with Crippen LogP contribution in [-0.4, -0.2) is 15.1 Å². The molecule has 2 aromatic heterocycles. The van der Waals surface area contributed by atoms with E-state index in [0.29, 0.717) is 5.82 Å². The van der Waals surface area contributed by atoms with Crippen molar-refractivity contribution >= 4 is 21.6 Å². The van der Waals surface area contributed by atoms with E-state index >= 15 is 0 Å². The van der Waals surface area contributed by atoms with Crippen LogP contribution >= 0.6 is 11.3 Å². The summed E-state index contributed by atoms with van der Waals surface area (Å²) in [6, 6.07) is 6.68. The number of nitrogens with zero attached hydrogens (tertiary/aromatic N) is 1. The van der Waals surface area contributed by atoms with Gasteiger partial charge in [0.15, 0.2) is 0 Å². The number of thiophene rings is 1. The topological polar surface area (TPSA) is 66.0 Å². The molecule has 0 saturated heterocycles. The summed E-state index contributed by atoms with van der Waals surface area (Å²) in [5, 5.41) is 10.1. The van der Waals surface area contributed by atoms with Crippen LogP contribution in [0, 0.1) is 0 Å². The lowest BCUT2D eigenvalue weighted by molar-refractivity contribution is 0.475. The second-order valence-electron chi connectivity index (χ2n) is 5.00. The molecule has 5 heteroatoms. The van der Waals surface area contributed by atoms with Gasteiger partial charge in [0.1, 0.15) is 16.4 Å². The molecule has 0 amide bonds. The lowest BCUT2D eigenvalue weighted by Crippen LogP contribution is -2.09. The molecule has 1 aliphatic carbocycles. The van der Waals surface area contributed by atoms with Crippen LogP contribution in [0.4, 0.5) is 0 Å². The number of aromatic nitrogens is 2. The Hall–Kier alpha value is -2.14. The highest BCUT2D eigenvalue weighted by Gasteiger charge is 2.21. The highest BCUT2D eigenvalue weighted by molar-refractivity contribution is 7.18. The van der Waals surface area contributed by atoms with Crippen LogP contribution in [0.1, 0.15) is 16.9 Å². The zero-order valence-electron chi connectivity index (χ0n) is 10.6. The predicted molar refractivity (Wildman–Crippen MR) is 79.4 cm³/mol. The summed E-state index contributed by atoms with van der Waals surface area (Å²) < 4.78 is 0. The zero-order valence-corrected chi connectivity index (χ0v) is 11.5. The molecule has 0 aliphatic heterocycles. The zero-order chi connectivity index (χ0) is 13.7. The highest BCUT2D eigenvalue weighted by atomic mass is 32.1. The van der Waals surface area contributed by atoms with Crippen LogP contribution in [0.15, 0.2) is 29.1 Å². The van der Waals surface area contributed by atoms with Crippen molar-refractivity contribution in [2.75, 3.05) is 0 Å². The Kier molecular flexibility index (Phi) is 2.44. The van der Waals surface area contributed by atoms with Gasteiger partial charge in [0.05, 0.1) is 5.39 Å². The predicted octanol–water partition coefficient (Wildman–Crippen LogP) is 2.85. The maximum absolute atomic E-state index is 12.3. The normalized spacial score (nSPS) is 13.8. The molecule has 4 rings (SSSR count). The quantitative estimate of drug-likeness (QED) is 0.722. The second kappa shape index (κ2) is 4.18. The minimum Gasteiger partial charge on any atom is -0.508 e. The Morgan fingerprint density at radius 2 is 2.00 bits per heavy atom. The largest absolute Gasteiger partial charge is 0.508 e. The molecule has 2 heterocycles. The first-order valence-electron chi connectivity index (χ1n) is 6.56. The number of benzene rings is 1. The molecule has 0 fully saturated rings. The first-order valence-corrected chi connectivity index (χ1v) is 7.38. The van der Waals surface area contributed by atoms with Gasteiger partial charge >= 0.3 is 0 Å². The molecule has 1 aliphatic rings. The third-order valence-electron chi connectivity index (χ3n) is 3.72. The Labute approximate surface area is 118 Å². The number of rotatable bonds is 1. The van der Waals surface area contributed by atoms with Crippen molar-refractivity contribution in [1.29, 1.82) is 0 Å². The van der Waals surface area contributed by atoms with Gasteiger partial charge in [0, 0.05) is 10.4 Å². The van der Waals surface area contributed by atoms with Gasteiger partial charge in [-0.2, -0.15) is 0 Å². The van der Waals surface area contributed by atoms with Gasteiger partial charge in [-0.05, 0) is 49.1 Å². The Morgan fingerprint density at radius 3 is 2.80 bits per heavy atom. The number of phenols is 1. The second-order valence-corrected chi connectivity index (χ2v) is 6.08. The molecule has 0 saturated carbocycles. The number of aromatic amines is 1. The number of aryl methyl sites for hydroxylation is 2. The minimum absolute atomic E-state index is 0.0579. The number of nitrogens with one attached hydrogen (secondary N) is 1. The summed E-state index contributed by atoms with van der Waals surface area (Å²) in [5.74, 6) is 0.759. The third kappa shape index (κ3) is 1.67. The first kappa shape index (κ1) is 11.7. The molecule has 3 aromatic rings. The number of hydrogen-bond acceptors (Lipinski definition) is 4. The summed E-state index contributed by atoms with van der Waals surface area (Å²) in [5.41, 5.74) is 1.93. The van der Waals surface area contributed by atoms with Crippen LogP contribution in [0.2, 0.25) is 0 Å². The highest BCUT2D eigenvalue weighted by Crippen LogP contribution is 2.35. The van der Waals surface area contributed by atoms with Crippen molar-refractivity contribution in [3.05, 3.63) is 45.1 Å². The van der Waals surface area contributed by atoms with Crippen molar-refractivity contribution in [1.82, 2.24) is 9.97 Å². The average Bonchev–Trinajstić information content (AvgIpc) is 2.99. The molecule has 0 spiro atoms. The standard InChI is InChI=1S/C15H12N2O2S/c18-9-6-4-8(5-7-9)13-16-14(19)12-10-2-1-3-11(10)20-15(12)17-13/h4-7,18H,1-3H2,(H,16,17,19). The van der Waals surface area contributed by atoms with E-state index in [4.69, 9.17) is 0 Å². The lowest BCUT2D eigenvalue weighted by Gasteiger charge is -2.01. The van der Waals surface area contributed by atoms with E-state index < -0.39 is 0 Å². The summed E-state index contributed by atoms with van der Waals surface area (Å²) in [7, 11) is 0. The molecule has 0 unspecified atom stereocenters. The summed E-state index contributed by atoms with van der Waals surface area (Å²) >= 11 is 1.63. The van der Waals surface area contributed by atoms with Crippen LogP contribution in [-0.2, 0) is 12.8 Å². The van der Waals surface area contributed by atoms with Gasteiger partial charge in [0.25, 0.3) is 5.56 Å². The molecular weight excluding hydrogens is 272 g/mol. The van der Waals surface area contributed by atoms with E-state index in [2.05, 4.69) is 9.97 Å². The Morgan fingerprint density at radius 1 is 1.20 bits per heavy atom. The molecule has 4 nitrogen and oxygen atoms in total. The maximum atomic E-state index is 12.3. The molecule has 0 radical (unpaired) electrons. The van der Waals surface area contributed by atoms with Crippen LogP contribution < -0.4 is 5.56 Å². The number of phenolic OH excluding ortho intramolecular Hbond substituents is 1. The SMILES string of the molecule is O=c1[nH]c(-c2ccc(O)cc2)nc2sc3c(c12)CCC3. The molecule has 0 bridgehead atoms. The van der Waals surface area contributed by atoms with Gasteiger partial charge in [-0.1, -0.05) is 0 Å². The van der Waals surface area contributed by atoms with E-state index in [1.54, 1.807) is 35.6 Å². The van der Waals surface area contributed by atoms with Gasteiger partial charge in [-0.15, -0.1) is 11.3 Å². The van der Waals surface area contributed by atoms with E-state index in [1.165, 1.54) is 10.4 Å². The first-order chi connectivity index (χ1) is 9.72. The van der Waals surface area contributed by atoms with Crippen molar-refractivity contribution < 1.29 is 5.11 Å². The summed E-state index contributed by atoms with van der Waals surface area (Å²) in [6.07, 6.45) is 3.18. The molecule has 1 aromatic carbocycles. The van der Waals surface area contributed by atoms with E-state index in [9.17, 15) is 9.90 Å². The molecular formula is C15H12N2O2S. The number of hydrogen-bond donors (Lipinski definition) is 2. The van der Waals surface area contributed by atoms with Crippen molar-refractivity contribution in [3.63, 3.8) is 0 Å². The van der Waals surface area contributed by atoms with E-state index in [0.717, 1.165) is 35.0 Å². The Bertz CT molecular complexity index is 862. The smallest absolute Gasteiger partial charge is 0.260 e. The van der Waals surface area contributed by atoms with Gasteiger partial charge in [-0.3, -0.25) is 4.79 Å². The Balaban J connectivity index is 1.95. The average molecular weight is 284 g/mol. The minimum atomic E-state index is -0.0579. The number of fused-ring (bicyclic) bond motifs is 3. The van der Waals surface area contributed by atoms with Gasteiger partial charge < -0.3 is 10.1 Å². The number of aromatic hydroxyl groups is 1. The van der Waals surface area contributed by atoms with E-state index in [1.807, 2.05) is 0 Å². The molecule has 0 atom stereocenters. The fourth-order valence-corrected chi connectivity index (χ4v) is 4.02. The molecule has 100 valence electrons. The van der Waals surface area contributed by atoms with Gasteiger partial charge in [0.2, 0.25) is 0 Å². The maximum Gasteiger partial charge on any atom is 0.260 e. The van der Waals surface area contributed by atoms with Crippen LogP contribution in [0.25, 0.3) is 21.6 Å². The van der Waals surface area contributed by atoms with Crippen LogP contribution in [0.3, 0.4) is 0 Å². The van der Waals surface area contributed by atoms with Crippen molar-refractivity contribution in [2.24, 2.45) is 0 Å². The van der Waals surface area contributed by atoms with E-state index in [-0.39, 0.29) is 11.3 Å². The monoisotopic (exact) mass is 284 g/mol. The van der Waals surface area contributed by atoms with Crippen molar-refractivity contribution in [2.45, 2.75) is 19.3 Å². The third-order valence-corrected chi connectivity index (χ3v) is 4.90. The number of H-pyrrole nitrogens is 1. The lowest BCUT2D eigenvalue weighted by atomic mass is 10.2.